The predicted molar refractivity (Wildman–Crippen MR) is 253 cm³/mol. The van der Waals surface area contributed by atoms with Crippen molar-refractivity contribution in [2.24, 2.45) is 0 Å². The van der Waals surface area contributed by atoms with Crippen molar-refractivity contribution in [1.29, 1.82) is 0 Å². The lowest BCUT2D eigenvalue weighted by atomic mass is 9.80. The van der Waals surface area contributed by atoms with Gasteiger partial charge in [0, 0.05) is 32.9 Å². The molecule has 0 radical (unpaired) electrons. The van der Waals surface area contributed by atoms with Crippen LogP contribution in [0.5, 0.6) is 0 Å². The second-order valence-electron chi connectivity index (χ2n) is 17.2. The molecule has 3 heteroatoms. The number of anilines is 3. The maximum atomic E-state index is 6.53. The minimum atomic E-state index is -0.612. The van der Waals surface area contributed by atoms with Crippen LogP contribution < -0.4 is 4.90 Å². The third-order valence-electron chi connectivity index (χ3n) is 13.8. The Labute approximate surface area is 354 Å². The third-order valence-corrected chi connectivity index (χ3v) is 13.8. The second-order valence-corrected chi connectivity index (χ2v) is 17.2. The summed E-state index contributed by atoms with van der Waals surface area (Å²) < 4.78 is 9.16. The fourth-order valence-electron chi connectivity index (χ4n) is 11.2. The molecule has 0 spiro atoms. The minimum Gasteiger partial charge on any atom is -0.456 e. The molecular formula is C58H40N2O. The molecule has 0 saturated carbocycles. The van der Waals surface area contributed by atoms with Gasteiger partial charge in [-0.15, -0.1) is 0 Å². The molecule has 0 amide bonds. The summed E-state index contributed by atoms with van der Waals surface area (Å²) in [5.74, 6) is 0. The summed E-state index contributed by atoms with van der Waals surface area (Å²) in [5.41, 5.74) is 18.3. The number of rotatable bonds is 5. The fourth-order valence-corrected chi connectivity index (χ4v) is 11.2. The molecule has 13 rings (SSSR count). The van der Waals surface area contributed by atoms with E-state index in [0.717, 1.165) is 39.0 Å². The van der Waals surface area contributed by atoms with Gasteiger partial charge in [0.25, 0.3) is 0 Å². The molecule has 9 aromatic carbocycles. The van der Waals surface area contributed by atoms with Crippen molar-refractivity contribution in [3.05, 3.63) is 234 Å². The minimum absolute atomic E-state index is 0.154. The Morgan fingerprint density at radius 2 is 0.967 bits per heavy atom. The smallest absolute Gasteiger partial charge is 0.137 e. The van der Waals surface area contributed by atoms with Gasteiger partial charge < -0.3 is 13.9 Å². The van der Waals surface area contributed by atoms with Crippen molar-refractivity contribution in [3.63, 3.8) is 0 Å². The van der Waals surface area contributed by atoms with Gasteiger partial charge in [-0.25, -0.2) is 0 Å². The summed E-state index contributed by atoms with van der Waals surface area (Å²) in [4.78, 5) is 2.46. The van der Waals surface area contributed by atoms with E-state index in [0.29, 0.717) is 0 Å². The number of hydrogen-bond donors (Lipinski definition) is 0. The van der Waals surface area contributed by atoms with Gasteiger partial charge >= 0.3 is 0 Å². The topological polar surface area (TPSA) is 21.3 Å². The van der Waals surface area contributed by atoms with Crippen LogP contribution in [0.3, 0.4) is 0 Å². The lowest BCUT2D eigenvalue weighted by Crippen LogP contribution is -2.35. The Balaban J connectivity index is 1.11. The highest BCUT2D eigenvalue weighted by atomic mass is 16.3. The van der Waals surface area contributed by atoms with Crippen molar-refractivity contribution in [2.75, 3.05) is 4.90 Å². The van der Waals surface area contributed by atoms with E-state index >= 15 is 0 Å². The molecule has 0 atom stereocenters. The van der Waals surface area contributed by atoms with Crippen molar-refractivity contribution in [3.8, 4) is 22.3 Å². The van der Waals surface area contributed by atoms with E-state index in [9.17, 15) is 0 Å². The fraction of sp³-hybridized carbons (Fsp3) is 0.0690. The van der Waals surface area contributed by atoms with Gasteiger partial charge in [-0.1, -0.05) is 166 Å². The Kier molecular flexibility index (Phi) is 6.99. The molecule has 3 nitrogen and oxygen atoms in total. The van der Waals surface area contributed by atoms with Gasteiger partial charge in [0.15, 0.2) is 0 Å². The Morgan fingerprint density at radius 3 is 1.74 bits per heavy atom. The van der Waals surface area contributed by atoms with Crippen LogP contribution in [-0.2, 0) is 11.0 Å². The van der Waals surface area contributed by atoms with Crippen molar-refractivity contribution in [2.45, 2.75) is 24.8 Å². The Bertz CT molecular complexity index is 3540. The zero-order valence-electron chi connectivity index (χ0n) is 33.9. The van der Waals surface area contributed by atoms with E-state index in [2.05, 4.69) is 230 Å². The Hall–Kier alpha value is -7.62. The molecule has 288 valence electrons. The van der Waals surface area contributed by atoms with E-state index in [1.807, 2.05) is 0 Å². The first kappa shape index (κ1) is 34.3. The summed E-state index contributed by atoms with van der Waals surface area (Å²) in [5, 5.41) is 4.63. The molecule has 2 aliphatic carbocycles. The first-order valence-electron chi connectivity index (χ1n) is 21.3. The van der Waals surface area contributed by atoms with Gasteiger partial charge in [-0.05, 0) is 105 Å². The van der Waals surface area contributed by atoms with Crippen molar-refractivity contribution in [1.82, 2.24) is 4.57 Å². The van der Waals surface area contributed by atoms with Crippen LogP contribution in [0, 0.1) is 0 Å². The molecule has 61 heavy (non-hydrogen) atoms. The van der Waals surface area contributed by atoms with Crippen LogP contribution in [0.4, 0.5) is 17.1 Å². The second kappa shape index (κ2) is 12.5. The highest BCUT2D eigenvalue weighted by molar-refractivity contribution is 6.15. The highest BCUT2D eigenvalue weighted by Gasteiger charge is 2.47. The molecule has 0 N–H and O–H groups in total. The number of aromatic nitrogens is 1. The number of nitrogens with zero attached hydrogens (tertiary/aromatic N) is 2. The SMILES string of the molecule is CC1(C)c2ccccc2-c2ccc(N(c3ccc4c(c3)c3ccccc3n4C3(c4ccccc4)c4ccccc4-c4ccccc43)c3cccc4oc5ccccc5c34)cc21. The average Bonchev–Trinajstić information content (AvgIpc) is 4.01. The Morgan fingerprint density at radius 1 is 0.410 bits per heavy atom. The number of hydrogen-bond acceptors (Lipinski definition) is 2. The van der Waals surface area contributed by atoms with E-state index < -0.39 is 5.54 Å². The number of benzene rings is 9. The highest BCUT2D eigenvalue weighted by Crippen LogP contribution is 2.57. The van der Waals surface area contributed by atoms with E-state index in [1.54, 1.807) is 0 Å². The molecule has 0 fully saturated rings. The zero-order chi connectivity index (χ0) is 40.5. The first-order chi connectivity index (χ1) is 30.0. The summed E-state index contributed by atoms with van der Waals surface area (Å²) in [7, 11) is 0. The van der Waals surface area contributed by atoms with Gasteiger partial charge in [0.2, 0.25) is 0 Å². The van der Waals surface area contributed by atoms with E-state index in [4.69, 9.17) is 4.42 Å². The van der Waals surface area contributed by atoms with Gasteiger partial charge in [-0.2, -0.15) is 0 Å². The average molecular weight is 781 g/mol. The van der Waals surface area contributed by atoms with E-state index in [1.165, 1.54) is 71.9 Å². The quantitative estimate of drug-likeness (QED) is 0.173. The van der Waals surface area contributed by atoms with Gasteiger partial charge in [-0.3, -0.25) is 0 Å². The molecule has 2 heterocycles. The van der Waals surface area contributed by atoms with Crippen LogP contribution in [0.15, 0.2) is 211 Å². The van der Waals surface area contributed by atoms with Gasteiger partial charge in [0.1, 0.15) is 16.7 Å². The maximum absolute atomic E-state index is 6.53. The molecule has 0 aliphatic heterocycles. The van der Waals surface area contributed by atoms with Crippen LogP contribution in [0.2, 0.25) is 0 Å². The third kappa shape index (κ3) is 4.53. The predicted octanol–water partition coefficient (Wildman–Crippen LogP) is 15.3. The molecular weight excluding hydrogens is 741 g/mol. The molecule has 2 aromatic heterocycles. The molecule has 11 aromatic rings. The number of furan rings is 1. The van der Waals surface area contributed by atoms with Crippen molar-refractivity contribution < 1.29 is 4.42 Å². The normalized spacial score (nSPS) is 14.3. The lowest BCUT2D eigenvalue weighted by Gasteiger charge is -2.36. The maximum Gasteiger partial charge on any atom is 0.137 e. The molecule has 2 aliphatic rings. The molecule has 0 bridgehead atoms. The summed E-state index contributed by atoms with van der Waals surface area (Å²) in [6.07, 6.45) is 0. The lowest BCUT2D eigenvalue weighted by molar-refractivity contribution is 0.564. The molecule has 0 unspecified atom stereocenters. The summed E-state index contributed by atoms with van der Waals surface area (Å²) in [6, 6.07) is 76.0. The summed E-state index contributed by atoms with van der Waals surface area (Å²) in [6.45, 7) is 4.72. The number of fused-ring (bicyclic) bond motifs is 12. The molecule has 0 saturated heterocycles. The standard InChI is InChI=1S/C58H40N2O/c1-57(2)47-24-11-6-19-40(47)43-33-31-39(36-50(43)57)59(53-28-16-30-55-56(53)45-23-10-15-29-54(45)61-55)38-32-34-52-46(35-38)44-22-9-14-27-51(44)60(52)58(37-17-4-3-5-18-37)48-25-12-7-20-41(48)42-21-8-13-26-49(42)58/h3-36H,1-2H3. The van der Waals surface area contributed by atoms with Crippen LogP contribution in [-0.4, -0.2) is 4.57 Å². The number of para-hydroxylation sites is 2. The zero-order valence-corrected chi connectivity index (χ0v) is 33.9. The largest absolute Gasteiger partial charge is 0.456 e. The van der Waals surface area contributed by atoms with E-state index in [-0.39, 0.29) is 5.41 Å². The van der Waals surface area contributed by atoms with Crippen LogP contribution >= 0.6 is 0 Å². The monoisotopic (exact) mass is 780 g/mol. The van der Waals surface area contributed by atoms with Gasteiger partial charge in [0.05, 0.1) is 22.1 Å². The summed E-state index contributed by atoms with van der Waals surface area (Å²) >= 11 is 0. The van der Waals surface area contributed by atoms with Crippen molar-refractivity contribution >= 4 is 60.8 Å². The van der Waals surface area contributed by atoms with Crippen LogP contribution in [0.1, 0.15) is 41.7 Å². The first-order valence-corrected chi connectivity index (χ1v) is 21.3. The van der Waals surface area contributed by atoms with Crippen LogP contribution in [0.25, 0.3) is 66.0 Å².